The number of rotatable bonds is 25. The van der Waals surface area contributed by atoms with E-state index in [4.69, 9.17) is 4.98 Å². The summed E-state index contributed by atoms with van der Waals surface area (Å²) < 4.78 is 0. The van der Waals surface area contributed by atoms with Gasteiger partial charge in [0.1, 0.15) is 0 Å². The van der Waals surface area contributed by atoms with Crippen LogP contribution in [0.25, 0.3) is 10.9 Å². The molecule has 228 valence electrons. The molecule has 0 radical (unpaired) electrons. The standard InChI is InChI=1S/C39H67N/c1-6-11-16-21-26-33-31-32-38-39(34(33)27-22-17-12-7-2)36(29-24-19-14-9-4)35(28-23-18-13-8-3)37(40-38)30-25-20-15-10-5/h31-32H,6-30H2,1-5H3. The van der Waals surface area contributed by atoms with Gasteiger partial charge in [-0.15, -0.1) is 0 Å². The minimum Gasteiger partial charge on any atom is -0.253 e. The van der Waals surface area contributed by atoms with Gasteiger partial charge in [0.15, 0.2) is 0 Å². The normalized spacial score (nSPS) is 11.6. The zero-order valence-electron chi connectivity index (χ0n) is 27.8. The van der Waals surface area contributed by atoms with Crippen molar-refractivity contribution in [3.63, 3.8) is 0 Å². The van der Waals surface area contributed by atoms with Crippen molar-refractivity contribution in [3.05, 3.63) is 40.1 Å². The lowest BCUT2D eigenvalue weighted by atomic mass is 9.85. The first-order valence-corrected chi connectivity index (χ1v) is 18.2. The summed E-state index contributed by atoms with van der Waals surface area (Å²) in [4.78, 5) is 5.53. The average Bonchev–Trinajstić information content (AvgIpc) is 2.97. The van der Waals surface area contributed by atoms with Crippen LogP contribution in [-0.2, 0) is 32.1 Å². The molecule has 0 spiro atoms. The van der Waals surface area contributed by atoms with E-state index in [1.165, 1.54) is 172 Å². The van der Waals surface area contributed by atoms with E-state index in [1.54, 1.807) is 27.6 Å². The number of hydrogen-bond acceptors (Lipinski definition) is 1. The smallest absolute Gasteiger partial charge is 0.0711 e. The number of aryl methyl sites for hydroxylation is 4. The molecule has 0 aliphatic heterocycles. The number of unbranched alkanes of at least 4 members (excludes halogenated alkanes) is 15. The van der Waals surface area contributed by atoms with Crippen molar-refractivity contribution in [2.24, 2.45) is 0 Å². The van der Waals surface area contributed by atoms with E-state index in [9.17, 15) is 0 Å². The molecule has 1 aromatic carbocycles. The van der Waals surface area contributed by atoms with Crippen molar-refractivity contribution >= 4 is 10.9 Å². The molecule has 0 atom stereocenters. The van der Waals surface area contributed by atoms with Crippen LogP contribution in [0.2, 0.25) is 0 Å². The molecule has 0 saturated heterocycles. The Bertz CT molecular complexity index is 911. The maximum Gasteiger partial charge on any atom is 0.0711 e. The summed E-state index contributed by atoms with van der Waals surface area (Å²) in [5.74, 6) is 0. The molecule has 0 N–H and O–H groups in total. The highest BCUT2D eigenvalue weighted by molar-refractivity contribution is 5.88. The van der Waals surface area contributed by atoms with Crippen molar-refractivity contribution in [1.82, 2.24) is 4.98 Å². The maximum absolute atomic E-state index is 5.53. The Morgan fingerprint density at radius 2 is 0.825 bits per heavy atom. The molecule has 1 nitrogen and oxygen atoms in total. The molecule has 0 bridgehead atoms. The van der Waals surface area contributed by atoms with Gasteiger partial charge >= 0.3 is 0 Å². The van der Waals surface area contributed by atoms with Crippen molar-refractivity contribution in [1.29, 1.82) is 0 Å². The molecule has 2 aromatic rings. The van der Waals surface area contributed by atoms with Gasteiger partial charge in [-0.1, -0.05) is 137 Å². The fourth-order valence-corrected chi connectivity index (χ4v) is 6.59. The second kappa shape index (κ2) is 22.3. The third-order valence-corrected chi connectivity index (χ3v) is 9.07. The van der Waals surface area contributed by atoms with Crippen LogP contribution in [-0.4, -0.2) is 4.98 Å². The molecule has 0 fully saturated rings. The Labute approximate surface area is 250 Å². The van der Waals surface area contributed by atoms with Crippen LogP contribution in [0.4, 0.5) is 0 Å². The first-order chi connectivity index (χ1) is 19.7. The quantitative estimate of drug-likeness (QED) is 0.112. The minimum absolute atomic E-state index is 1.17. The second-order valence-electron chi connectivity index (χ2n) is 12.7. The highest BCUT2D eigenvalue weighted by Gasteiger charge is 2.19. The minimum atomic E-state index is 1.17. The van der Waals surface area contributed by atoms with Crippen molar-refractivity contribution in [2.45, 2.75) is 195 Å². The van der Waals surface area contributed by atoms with E-state index >= 15 is 0 Å². The van der Waals surface area contributed by atoms with Crippen LogP contribution in [0.5, 0.6) is 0 Å². The first-order valence-electron chi connectivity index (χ1n) is 18.2. The largest absolute Gasteiger partial charge is 0.253 e. The van der Waals surface area contributed by atoms with Crippen LogP contribution in [0.3, 0.4) is 0 Å². The number of aromatic nitrogens is 1. The monoisotopic (exact) mass is 550 g/mol. The summed E-state index contributed by atoms with van der Waals surface area (Å²) in [6.07, 6.45) is 33.0. The molecule has 1 heteroatoms. The predicted molar refractivity (Wildman–Crippen MR) is 181 cm³/mol. The molecule has 2 rings (SSSR count). The number of benzene rings is 1. The number of nitrogens with zero attached hydrogens (tertiary/aromatic N) is 1. The van der Waals surface area contributed by atoms with Crippen LogP contribution in [0, 0.1) is 0 Å². The van der Waals surface area contributed by atoms with Crippen LogP contribution in [0.15, 0.2) is 12.1 Å². The lowest BCUT2D eigenvalue weighted by molar-refractivity contribution is 0.635. The third-order valence-electron chi connectivity index (χ3n) is 9.07. The van der Waals surface area contributed by atoms with Crippen LogP contribution in [0.1, 0.15) is 191 Å². The summed E-state index contributed by atoms with van der Waals surface area (Å²) >= 11 is 0. The highest BCUT2D eigenvalue weighted by atomic mass is 14.7. The summed E-state index contributed by atoms with van der Waals surface area (Å²) in [6.45, 7) is 11.7. The molecule has 0 unspecified atom stereocenters. The van der Waals surface area contributed by atoms with Gasteiger partial charge in [0.05, 0.1) is 5.52 Å². The van der Waals surface area contributed by atoms with E-state index in [0.717, 1.165) is 0 Å². The van der Waals surface area contributed by atoms with Crippen molar-refractivity contribution in [2.75, 3.05) is 0 Å². The summed E-state index contributed by atoms with van der Waals surface area (Å²) in [5.41, 5.74) is 9.51. The lowest BCUT2D eigenvalue weighted by Crippen LogP contribution is -2.09. The van der Waals surface area contributed by atoms with Gasteiger partial charge in [-0.2, -0.15) is 0 Å². The van der Waals surface area contributed by atoms with E-state index in [1.807, 2.05) is 0 Å². The number of fused-ring (bicyclic) bond motifs is 1. The average molecular weight is 550 g/mol. The van der Waals surface area contributed by atoms with Crippen LogP contribution < -0.4 is 0 Å². The van der Waals surface area contributed by atoms with E-state index < -0.39 is 0 Å². The van der Waals surface area contributed by atoms with Gasteiger partial charge in [0.2, 0.25) is 0 Å². The zero-order chi connectivity index (χ0) is 28.8. The molecule has 40 heavy (non-hydrogen) atoms. The van der Waals surface area contributed by atoms with Gasteiger partial charge in [0, 0.05) is 11.1 Å². The molecular weight excluding hydrogens is 482 g/mol. The molecule has 0 aliphatic carbocycles. The van der Waals surface area contributed by atoms with Gasteiger partial charge in [-0.3, -0.25) is 4.98 Å². The van der Waals surface area contributed by atoms with Gasteiger partial charge < -0.3 is 0 Å². The van der Waals surface area contributed by atoms with E-state index in [2.05, 4.69) is 46.8 Å². The van der Waals surface area contributed by atoms with E-state index in [-0.39, 0.29) is 0 Å². The second-order valence-corrected chi connectivity index (χ2v) is 12.7. The Morgan fingerprint density at radius 1 is 0.400 bits per heavy atom. The number of pyridine rings is 1. The zero-order valence-corrected chi connectivity index (χ0v) is 27.8. The molecule has 0 aliphatic rings. The maximum atomic E-state index is 5.53. The molecule has 1 heterocycles. The third kappa shape index (κ3) is 12.2. The highest BCUT2D eigenvalue weighted by Crippen LogP contribution is 2.34. The predicted octanol–water partition coefficient (Wildman–Crippen LogP) is 12.8. The molecule has 0 saturated carbocycles. The Kier molecular flexibility index (Phi) is 19.4. The van der Waals surface area contributed by atoms with Crippen molar-refractivity contribution < 1.29 is 0 Å². The van der Waals surface area contributed by atoms with Gasteiger partial charge in [0.25, 0.3) is 0 Å². The van der Waals surface area contributed by atoms with Gasteiger partial charge in [-0.25, -0.2) is 0 Å². The van der Waals surface area contributed by atoms with Crippen molar-refractivity contribution in [3.8, 4) is 0 Å². The molecule has 1 aromatic heterocycles. The number of hydrogen-bond donors (Lipinski definition) is 0. The van der Waals surface area contributed by atoms with Gasteiger partial charge in [-0.05, 0) is 92.5 Å². The fraction of sp³-hybridized carbons (Fsp3) is 0.769. The summed E-state index contributed by atoms with van der Waals surface area (Å²) in [5, 5.41) is 1.60. The molecule has 0 amide bonds. The summed E-state index contributed by atoms with van der Waals surface area (Å²) in [7, 11) is 0. The SMILES string of the molecule is CCCCCCc1ccc2nc(CCCCCC)c(CCCCCC)c(CCCCCC)c2c1CCCCCC. The van der Waals surface area contributed by atoms with E-state index in [0.29, 0.717) is 0 Å². The fourth-order valence-electron chi connectivity index (χ4n) is 6.59. The topological polar surface area (TPSA) is 12.9 Å². The Morgan fingerprint density at radius 3 is 1.32 bits per heavy atom. The Hall–Kier alpha value is -1.37. The molecular formula is C39H67N. The first kappa shape index (κ1) is 34.8. The Balaban J connectivity index is 2.61. The summed E-state index contributed by atoms with van der Waals surface area (Å²) in [6, 6.07) is 4.91. The lowest BCUT2D eigenvalue weighted by Gasteiger charge is -2.22. The van der Waals surface area contributed by atoms with Crippen LogP contribution >= 0.6 is 0 Å².